The Morgan fingerprint density at radius 1 is 0.905 bits per heavy atom. The van der Waals surface area contributed by atoms with Crippen molar-refractivity contribution in [2.75, 3.05) is 5.32 Å². The molecule has 3 aromatic rings. The molecule has 0 aliphatic heterocycles. The fraction of sp³-hybridized carbons (Fsp3) is 0.125. The van der Waals surface area contributed by atoms with E-state index in [1.807, 2.05) is 18.2 Å². The molecule has 0 aliphatic rings. The third kappa shape index (κ3) is 3.64. The summed E-state index contributed by atoms with van der Waals surface area (Å²) in [6.07, 6.45) is 1.76. The highest BCUT2D eigenvalue weighted by Crippen LogP contribution is 2.23. The highest BCUT2D eigenvalue weighted by molar-refractivity contribution is 7.15. The molecule has 1 aromatic heterocycles. The zero-order chi connectivity index (χ0) is 14.5. The molecule has 21 heavy (non-hydrogen) atoms. The predicted molar refractivity (Wildman–Crippen MR) is 83.4 cm³/mol. The highest BCUT2D eigenvalue weighted by Gasteiger charge is 2.07. The molecule has 0 saturated heterocycles. The maximum Gasteiger partial charge on any atom is 0.210 e. The Hall–Kier alpha value is -2.27. The average Bonchev–Trinajstić information content (AvgIpc) is 2.96. The van der Waals surface area contributed by atoms with E-state index in [9.17, 15) is 4.39 Å². The number of anilines is 2. The number of aryl methyl sites for hydroxylation is 2. The Balaban J connectivity index is 1.63. The standard InChI is InChI=1S/C16H14FN3S/c17-13-8-4-5-9-14(13)18-16-20-19-15(21-16)11-10-12-6-2-1-3-7-12/h1-9H,10-11H2,(H,18,20). The molecule has 3 rings (SSSR count). The van der Waals surface area contributed by atoms with Crippen LogP contribution in [0.2, 0.25) is 0 Å². The molecular weight excluding hydrogens is 285 g/mol. The van der Waals surface area contributed by atoms with Crippen LogP contribution in [0.1, 0.15) is 10.6 Å². The van der Waals surface area contributed by atoms with E-state index in [0.717, 1.165) is 17.8 Å². The molecule has 0 amide bonds. The molecule has 2 aromatic carbocycles. The lowest BCUT2D eigenvalue weighted by atomic mass is 10.1. The van der Waals surface area contributed by atoms with Crippen LogP contribution in [0.5, 0.6) is 0 Å². The number of nitrogens with zero attached hydrogens (tertiary/aromatic N) is 2. The lowest BCUT2D eigenvalue weighted by Gasteiger charge is -2.02. The van der Waals surface area contributed by atoms with Gasteiger partial charge in [-0.3, -0.25) is 0 Å². The molecule has 0 bridgehead atoms. The smallest absolute Gasteiger partial charge is 0.210 e. The molecule has 3 nitrogen and oxygen atoms in total. The van der Waals surface area contributed by atoms with E-state index in [1.165, 1.54) is 23.0 Å². The molecule has 0 radical (unpaired) electrons. The van der Waals surface area contributed by atoms with E-state index in [1.54, 1.807) is 18.2 Å². The summed E-state index contributed by atoms with van der Waals surface area (Å²) in [5.41, 5.74) is 1.69. The van der Waals surface area contributed by atoms with Crippen molar-refractivity contribution in [1.82, 2.24) is 10.2 Å². The van der Waals surface area contributed by atoms with Gasteiger partial charge >= 0.3 is 0 Å². The minimum Gasteiger partial charge on any atom is -0.328 e. The summed E-state index contributed by atoms with van der Waals surface area (Å²) >= 11 is 1.46. The molecule has 0 fully saturated rings. The number of nitrogens with one attached hydrogen (secondary N) is 1. The Morgan fingerprint density at radius 2 is 1.67 bits per heavy atom. The van der Waals surface area contributed by atoms with Crippen LogP contribution in [0.15, 0.2) is 54.6 Å². The quantitative estimate of drug-likeness (QED) is 0.767. The summed E-state index contributed by atoms with van der Waals surface area (Å²) in [5.74, 6) is -0.293. The maximum absolute atomic E-state index is 13.5. The molecular formula is C16H14FN3S. The molecule has 1 heterocycles. The van der Waals surface area contributed by atoms with E-state index >= 15 is 0 Å². The first kappa shape index (κ1) is 13.7. The van der Waals surface area contributed by atoms with E-state index in [-0.39, 0.29) is 5.82 Å². The fourth-order valence-corrected chi connectivity index (χ4v) is 2.73. The van der Waals surface area contributed by atoms with Crippen molar-refractivity contribution in [2.45, 2.75) is 12.8 Å². The van der Waals surface area contributed by atoms with Crippen LogP contribution in [0.25, 0.3) is 0 Å². The second-order valence-electron chi connectivity index (χ2n) is 4.59. The molecule has 0 unspecified atom stereocenters. The first-order valence-corrected chi connectivity index (χ1v) is 7.51. The summed E-state index contributed by atoms with van der Waals surface area (Å²) in [6, 6.07) is 16.8. The Bertz CT molecular complexity index is 712. The number of hydrogen-bond donors (Lipinski definition) is 1. The van der Waals surface area contributed by atoms with Crippen molar-refractivity contribution in [3.8, 4) is 0 Å². The van der Waals surface area contributed by atoms with Crippen molar-refractivity contribution < 1.29 is 4.39 Å². The largest absolute Gasteiger partial charge is 0.328 e. The van der Waals surface area contributed by atoms with Gasteiger partial charge < -0.3 is 5.32 Å². The summed E-state index contributed by atoms with van der Waals surface area (Å²) in [4.78, 5) is 0. The lowest BCUT2D eigenvalue weighted by Crippen LogP contribution is -1.92. The maximum atomic E-state index is 13.5. The van der Waals surface area contributed by atoms with Gasteiger partial charge in [0.25, 0.3) is 0 Å². The van der Waals surface area contributed by atoms with Crippen LogP contribution >= 0.6 is 11.3 Å². The summed E-state index contributed by atoms with van der Waals surface area (Å²) < 4.78 is 13.5. The third-order valence-corrected chi connectivity index (χ3v) is 3.95. The number of aromatic nitrogens is 2. The number of benzene rings is 2. The van der Waals surface area contributed by atoms with Gasteiger partial charge in [-0.25, -0.2) is 4.39 Å². The minimum atomic E-state index is -0.293. The van der Waals surface area contributed by atoms with E-state index in [2.05, 4.69) is 27.6 Å². The van der Waals surface area contributed by atoms with Crippen molar-refractivity contribution >= 4 is 22.2 Å². The Kier molecular flexibility index (Phi) is 4.21. The van der Waals surface area contributed by atoms with E-state index in [0.29, 0.717) is 10.8 Å². The van der Waals surface area contributed by atoms with Crippen molar-refractivity contribution in [3.63, 3.8) is 0 Å². The Morgan fingerprint density at radius 3 is 2.48 bits per heavy atom. The summed E-state index contributed by atoms with van der Waals surface area (Å²) in [6.45, 7) is 0. The summed E-state index contributed by atoms with van der Waals surface area (Å²) in [7, 11) is 0. The molecule has 106 valence electrons. The SMILES string of the molecule is Fc1ccccc1Nc1nnc(CCc2ccccc2)s1. The van der Waals surface area contributed by atoms with Crippen molar-refractivity contribution in [3.05, 3.63) is 71.0 Å². The van der Waals surface area contributed by atoms with Crippen LogP contribution in [-0.2, 0) is 12.8 Å². The highest BCUT2D eigenvalue weighted by atomic mass is 32.1. The van der Waals surface area contributed by atoms with Crippen LogP contribution in [0.3, 0.4) is 0 Å². The number of para-hydroxylation sites is 1. The fourth-order valence-electron chi connectivity index (χ4n) is 1.98. The van der Waals surface area contributed by atoms with Gasteiger partial charge in [-0.1, -0.05) is 53.8 Å². The average molecular weight is 299 g/mol. The molecule has 0 atom stereocenters. The van der Waals surface area contributed by atoms with Gasteiger partial charge in [0.15, 0.2) is 0 Å². The molecule has 0 saturated carbocycles. The third-order valence-electron chi connectivity index (χ3n) is 3.05. The molecule has 1 N–H and O–H groups in total. The molecule has 0 spiro atoms. The van der Waals surface area contributed by atoms with Gasteiger partial charge in [0, 0.05) is 6.42 Å². The van der Waals surface area contributed by atoms with E-state index < -0.39 is 0 Å². The van der Waals surface area contributed by atoms with Gasteiger partial charge in [0.05, 0.1) is 5.69 Å². The monoisotopic (exact) mass is 299 g/mol. The second-order valence-corrected chi connectivity index (χ2v) is 5.65. The number of rotatable bonds is 5. The van der Waals surface area contributed by atoms with Gasteiger partial charge in [-0.05, 0) is 24.1 Å². The second kappa shape index (κ2) is 6.45. The van der Waals surface area contributed by atoms with Crippen molar-refractivity contribution in [2.24, 2.45) is 0 Å². The normalized spacial score (nSPS) is 10.5. The van der Waals surface area contributed by atoms with Crippen LogP contribution in [0.4, 0.5) is 15.2 Å². The Labute approximate surface area is 126 Å². The van der Waals surface area contributed by atoms with Crippen LogP contribution in [-0.4, -0.2) is 10.2 Å². The molecule has 5 heteroatoms. The van der Waals surface area contributed by atoms with E-state index in [4.69, 9.17) is 0 Å². The van der Waals surface area contributed by atoms with Gasteiger partial charge in [0.2, 0.25) is 5.13 Å². The lowest BCUT2D eigenvalue weighted by molar-refractivity contribution is 0.632. The van der Waals surface area contributed by atoms with Crippen LogP contribution in [0, 0.1) is 5.82 Å². The van der Waals surface area contributed by atoms with Gasteiger partial charge in [0.1, 0.15) is 10.8 Å². The zero-order valence-corrected chi connectivity index (χ0v) is 12.1. The number of halogens is 1. The number of hydrogen-bond acceptors (Lipinski definition) is 4. The summed E-state index contributed by atoms with van der Waals surface area (Å²) in [5, 5.41) is 12.7. The van der Waals surface area contributed by atoms with Crippen molar-refractivity contribution in [1.29, 1.82) is 0 Å². The van der Waals surface area contributed by atoms with Crippen LogP contribution < -0.4 is 5.32 Å². The van der Waals surface area contributed by atoms with Gasteiger partial charge in [-0.15, -0.1) is 10.2 Å². The first-order chi connectivity index (χ1) is 10.3. The molecule has 0 aliphatic carbocycles. The topological polar surface area (TPSA) is 37.8 Å². The minimum absolute atomic E-state index is 0.293. The van der Waals surface area contributed by atoms with Gasteiger partial charge in [-0.2, -0.15) is 0 Å². The predicted octanol–water partition coefficient (Wildman–Crippen LogP) is 4.21. The zero-order valence-electron chi connectivity index (χ0n) is 11.3. The first-order valence-electron chi connectivity index (χ1n) is 6.69.